The second-order valence-corrected chi connectivity index (χ2v) is 8.32. The summed E-state index contributed by atoms with van der Waals surface area (Å²) >= 11 is 1.38. The lowest BCUT2D eigenvalue weighted by atomic mass is 10.00. The number of morpholine rings is 1. The summed E-state index contributed by atoms with van der Waals surface area (Å²) in [5.41, 5.74) is 2.07. The first-order valence-electron chi connectivity index (χ1n) is 10.1. The number of anilines is 1. The molecule has 2 aromatic carbocycles. The molecule has 1 aliphatic heterocycles. The smallest absolute Gasteiger partial charge is 0.265 e. The highest BCUT2D eigenvalue weighted by atomic mass is 32.1. The maximum atomic E-state index is 14.2. The molecule has 1 fully saturated rings. The second kappa shape index (κ2) is 8.63. The van der Waals surface area contributed by atoms with Crippen molar-refractivity contribution in [1.29, 1.82) is 0 Å². The topological polar surface area (TPSA) is 54.7 Å². The van der Waals surface area contributed by atoms with Crippen LogP contribution in [0.25, 0.3) is 11.0 Å². The number of carbonyl (C=O) groups is 1. The number of amides is 1. The van der Waals surface area contributed by atoms with Gasteiger partial charge in [-0.25, -0.2) is 4.39 Å². The number of carbonyl (C=O) groups excluding carboxylic acids is 1. The Hall–Kier alpha value is -3.00. The highest BCUT2D eigenvalue weighted by molar-refractivity contribution is 7.12. The number of halogens is 1. The molecule has 5 rings (SSSR count). The van der Waals surface area contributed by atoms with E-state index in [0.717, 1.165) is 10.9 Å². The largest absolute Gasteiger partial charge is 0.457 e. The van der Waals surface area contributed by atoms with Crippen molar-refractivity contribution in [2.45, 2.75) is 6.04 Å². The minimum absolute atomic E-state index is 0.192. The second-order valence-electron chi connectivity index (χ2n) is 7.37. The zero-order valence-corrected chi connectivity index (χ0v) is 17.5. The highest BCUT2D eigenvalue weighted by Crippen LogP contribution is 2.41. The number of para-hydroxylation sites is 1. The number of nitrogens with one attached hydrogen (secondary N) is 1. The summed E-state index contributed by atoms with van der Waals surface area (Å²) < 4.78 is 26.0. The summed E-state index contributed by atoms with van der Waals surface area (Å²) in [4.78, 5) is 15.7. The molecule has 4 aromatic rings. The van der Waals surface area contributed by atoms with E-state index in [1.807, 2.05) is 41.8 Å². The van der Waals surface area contributed by atoms with E-state index in [0.29, 0.717) is 48.2 Å². The fourth-order valence-electron chi connectivity index (χ4n) is 4.01. The normalized spacial score (nSPS) is 15.8. The van der Waals surface area contributed by atoms with Crippen LogP contribution in [0.3, 0.4) is 0 Å². The maximum absolute atomic E-state index is 14.2. The highest BCUT2D eigenvalue weighted by Gasteiger charge is 2.31. The van der Waals surface area contributed by atoms with Gasteiger partial charge in [0.05, 0.1) is 29.8 Å². The third-order valence-corrected chi connectivity index (χ3v) is 6.30. The molecule has 1 aliphatic rings. The van der Waals surface area contributed by atoms with Crippen LogP contribution in [-0.4, -0.2) is 37.1 Å². The molecule has 1 amide bonds. The number of ether oxygens (including phenoxy) is 1. The van der Waals surface area contributed by atoms with Crippen LogP contribution < -0.4 is 5.32 Å². The molecule has 0 saturated carbocycles. The third-order valence-electron chi connectivity index (χ3n) is 5.43. The lowest BCUT2D eigenvalue weighted by molar-refractivity contribution is 0.0205. The number of nitrogens with zero attached hydrogens (tertiary/aromatic N) is 1. The van der Waals surface area contributed by atoms with E-state index < -0.39 is 0 Å². The summed E-state index contributed by atoms with van der Waals surface area (Å²) in [7, 11) is 0. The molecular weight excluding hydrogens is 415 g/mol. The van der Waals surface area contributed by atoms with Gasteiger partial charge in [0.25, 0.3) is 5.91 Å². The molecule has 0 radical (unpaired) electrons. The average molecular weight is 437 g/mol. The molecule has 3 heterocycles. The van der Waals surface area contributed by atoms with Crippen LogP contribution >= 0.6 is 11.3 Å². The first-order valence-corrected chi connectivity index (χ1v) is 11.0. The molecule has 31 heavy (non-hydrogen) atoms. The molecule has 0 spiro atoms. The molecule has 1 N–H and O–H groups in total. The van der Waals surface area contributed by atoms with Crippen molar-refractivity contribution in [2.24, 2.45) is 0 Å². The van der Waals surface area contributed by atoms with Gasteiger partial charge in [-0.3, -0.25) is 9.69 Å². The van der Waals surface area contributed by atoms with Crippen LogP contribution in [0.15, 0.2) is 70.5 Å². The minimum Gasteiger partial charge on any atom is -0.457 e. The van der Waals surface area contributed by atoms with Crippen LogP contribution in [0, 0.1) is 5.82 Å². The Bertz CT molecular complexity index is 1200. The van der Waals surface area contributed by atoms with E-state index in [4.69, 9.17) is 9.15 Å². The van der Waals surface area contributed by atoms with Gasteiger partial charge < -0.3 is 14.5 Å². The van der Waals surface area contributed by atoms with Crippen molar-refractivity contribution in [3.63, 3.8) is 0 Å². The summed E-state index contributed by atoms with van der Waals surface area (Å²) in [6.07, 6.45) is 0. The van der Waals surface area contributed by atoms with E-state index in [1.165, 1.54) is 23.5 Å². The number of fused-ring (bicyclic) bond motifs is 1. The predicted octanol–water partition coefficient (Wildman–Crippen LogP) is 5.31. The lowest BCUT2D eigenvalue weighted by Gasteiger charge is -2.34. The zero-order chi connectivity index (χ0) is 21.2. The van der Waals surface area contributed by atoms with E-state index >= 15 is 0 Å². The third kappa shape index (κ3) is 3.99. The average Bonchev–Trinajstić information content (AvgIpc) is 3.44. The number of thiophene rings is 1. The van der Waals surface area contributed by atoms with Gasteiger partial charge in [-0.1, -0.05) is 30.3 Å². The Balaban J connectivity index is 1.65. The Morgan fingerprint density at radius 1 is 1.06 bits per heavy atom. The van der Waals surface area contributed by atoms with Gasteiger partial charge in [-0.15, -0.1) is 11.3 Å². The molecule has 1 atom stereocenters. The van der Waals surface area contributed by atoms with Crippen molar-refractivity contribution in [2.75, 3.05) is 31.6 Å². The van der Waals surface area contributed by atoms with Crippen LogP contribution in [-0.2, 0) is 4.74 Å². The number of hydrogen-bond acceptors (Lipinski definition) is 5. The molecule has 0 bridgehead atoms. The summed E-state index contributed by atoms with van der Waals surface area (Å²) in [6, 6.07) is 17.4. The van der Waals surface area contributed by atoms with Gasteiger partial charge in [0.15, 0.2) is 0 Å². The minimum atomic E-state index is -0.356. The standard InChI is InChI=1S/C24H21FN2O3S/c25-17-6-3-5-16(15-17)22(27-10-12-29-13-11-27)23-21(18-7-1-2-8-19(18)30-23)26-24(28)20-9-4-14-31-20/h1-9,14-15,22H,10-13H2,(H,26,28)/t22-/m1/s1. The Kier molecular flexibility index (Phi) is 5.55. The van der Waals surface area contributed by atoms with Gasteiger partial charge in [-0.2, -0.15) is 0 Å². The molecule has 7 heteroatoms. The lowest BCUT2D eigenvalue weighted by Crippen LogP contribution is -2.39. The van der Waals surface area contributed by atoms with Crippen molar-refractivity contribution in [3.8, 4) is 0 Å². The van der Waals surface area contributed by atoms with Gasteiger partial charge in [-0.05, 0) is 41.3 Å². The Morgan fingerprint density at radius 3 is 2.68 bits per heavy atom. The molecule has 1 saturated heterocycles. The molecule has 5 nitrogen and oxygen atoms in total. The van der Waals surface area contributed by atoms with Crippen molar-refractivity contribution in [1.82, 2.24) is 4.90 Å². The first-order chi connectivity index (χ1) is 15.2. The van der Waals surface area contributed by atoms with Crippen molar-refractivity contribution in [3.05, 3.63) is 88.1 Å². The van der Waals surface area contributed by atoms with Crippen LogP contribution in [0.2, 0.25) is 0 Å². The number of furan rings is 1. The van der Waals surface area contributed by atoms with Crippen LogP contribution in [0.5, 0.6) is 0 Å². The van der Waals surface area contributed by atoms with Crippen LogP contribution in [0.1, 0.15) is 27.0 Å². The maximum Gasteiger partial charge on any atom is 0.265 e. The fraction of sp³-hybridized carbons (Fsp3) is 0.208. The van der Waals surface area contributed by atoms with E-state index in [9.17, 15) is 9.18 Å². The molecule has 0 aliphatic carbocycles. The Morgan fingerprint density at radius 2 is 1.90 bits per heavy atom. The zero-order valence-electron chi connectivity index (χ0n) is 16.7. The molecule has 2 aromatic heterocycles. The summed E-state index contributed by atoms with van der Waals surface area (Å²) in [5.74, 6) is 0.0948. The molecular formula is C24H21FN2O3S. The van der Waals surface area contributed by atoms with Crippen LogP contribution in [0.4, 0.5) is 10.1 Å². The number of hydrogen-bond donors (Lipinski definition) is 1. The predicted molar refractivity (Wildman–Crippen MR) is 119 cm³/mol. The number of rotatable bonds is 5. The first kappa shape index (κ1) is 19.9. The van der Waals surface area contributed by atoms with Crippen molar-refractivity contribution < 1.29 is 18.3 Å². The summed E-state index contributed by atoms with van der Waals surface area (Å²) in [5, 5.41) is 5.75. The fourth-order valence-corrected chi connectivity index (χ4v) is 4.63. The SMILES string of the molecule is O=C(Nc1c([C@@H](c2cccc(F)c2)N2CCOCC2)oc2ccccc12)c1cccs1. The van der Waals surface area contributed by atoms with Gasteiger partial charge in [0.2, 0.25) is 0 Å². The van der Waals surface area contributed by atoms with E-state index in [1.54, 1.807) is 12.1 Å². The quantitative estimate of drug-likeness (QED) is 0.461. The van der Waals surface area contributed by atoms with Gasteiger partial charge >= 0.3 is 0 Å². The van der Waals surface area contributed by atoms with E-state index in [-0.39, 0.29) is 17.8 Å². The van der Waals surface area contributed by atoms with Gasteiger partial charge in [0.1, 0.15) is 17.2 Å². The van der Waals surface area contributed by atoms with Crippen molar-refractivity contribution >= 4 is 33.9 Å². The summed E-state index contributed by atoms with van der Waals surface area (Å²) in [6.45, 7) is 2.53. The Labute approximate surface area is 183 Å². The monoisotopic (exact) mass is 436 g/mol. The van der Waals surface area contributed by atoms with Gasteiger partial charge in [0, 0.05) is 18.5 Å². The van der Waals surface area contributed by atoms with E-state index in [2.05, 4.69) is 10.2 Å². The molecule has 0 unspecified atom stereocenters. The molecule has 158 valence electrons. The number of benzene rings is 2.